The Morgan fingerprint density at radius 3 is 2.47 bits per heavy atom. The van der Waals surface area contributed by atoms with E-state index in [1.54, 1.807) is 11.3 Å². The van der Waals surface area contributed by atoms with E-state index in [-0.39, 0.29) is 10.8 Å². The van der Waals surface area contributed by atoms with Gasteiger partial charge in [0.25, 0.3) is 0 Å². The van der Waals surface area contributed by atoms with Gasteiger partial charge in [0.15, 0.2) is 14.1 Å². The van der Waals surface area contributed by atoms with Crippen LogP contribution >= 0.6 is 11.3 Å². The topological polar surface area (TPSA) is 44.1 Å². The maximum absolute atomic E-state index is 12.9. The van der Waals surface area contributed by atoms with E-state index in [0.29, 0.717) is 18.7 Å². The Morgan fingerprint density at radius 2 is 1.87 bits per heavy atom. The molecular formula is C24H32N2O2SSi. The molecule has 2 aromatic heterocycles. The smallest absolute Gasteiger partial charge is 0.191 e. The lowest BCUT2D eigenvalue weighted by Crippen LogP contribution is -2.41. The van der Waals surface area contributed by atoms with Crippen molar-refractivity contribution in [2.24, 2.45) is 0 Å². The highest BCUT2D eigenvalue weighted by Gasteiger charge is 2.36. The summed E-state index contributed by atoms with van der Waals surface area (Å²) in [6.45, 7) is 13.9. The summed E-state index contributed by atoms with van der Waals surface area (Å²) in [6.07, 6.45) is 1.17. The lowest BCUT2D eigenvalue weighted by Gasteiger charge is -2.36. The van der Waals surface area contributed by atoms with Crippen molar-refractivity contribution < 1.29 is 9.22 Å². The summed E-state index contributed by atoms with van der Waals surface area (Å²) in [5.41, 5.74) is 3.65. The highest BCUT2D eigenvalue weighted by atomic mass is 32.1. The molecule has 0 radical (unpaired) electrons. The van der Waals surface area contributed by atoms with E-state index in [9.17, 15) is 4.79 Å². The van der Waals surface area contributed by atoms with Crippen LogP contribution in [0.15, 0.2) is 47.8 Å². The molecule has 0 saturated carbocycles. The number of hydrogen-bond donors (Lipinski definition) is 0. The van der Waals surface area contributed by atoms with Crippen molar-refractivity contribution in [2.75, 3.05) is 6.61 Å². The lowest BCUT2D eigenvalue weighted by atomic mass is 10.1. The maximum atomic E-state index is 12.9. The minimum absolute atomic E-state index is 0.0676. The number of rotatable bonds is 8. The molecular weight excluding hydrogens is 408 g/mol. The molecule has 0 bridgehead atoms. The van der Waals surface area contributed by atoms with E-state index < -0.39 is 8.32 Å². The van der Waals surface area contributed by atoms with Gasteiger partial charge in [-0.25, -0.2) is 4.68 Å². The molecule has 2 heterocycles. The quantitative estimate of drug-likeness (QED) is 0.217. The third-order valence-corrected chi connectivity index (χ3v) is 11.4. The van der Waals surface area contributed by atoms with Crippen LogP contribution < -0.4 is 0 Å². The molecule has 0 fully saturated rings. The highest BCUT2D eigenvalue weighted by molar-refractivity contribution is 7.13. The molecule has 0 aliphatic heterocycles. The van der Waals surface area contributed by atoms with Crippen LogP contribution in [-0.2, 0) is 4.43 Å². The van der Waals surface area contributed by atoms with Gasteiger partial charge in [-0.2, -0.15) is 5.10 Å². The second kappa shape index (κ2) is 9.00. The second-order valence-electron chi connectivity index (χ2n) is 9.29. The van der Waals surface area contributed by atoms with Gasteiger partial charge in [0.1, 0.15) is 5.69 Å². The molecule has 0 aliphatic carbocycles. The van der Waals surface area contributed by atoms with E-state index in [2.05, 4.69) is 57.3 Å². The van der Waals surface area contributed by atoms with Crippen LogP contribution in [0, 0.1) is 6.92 Å². The van der Waals surface area contributed by atoms with E-state index in [1.165, 1.54) is 5.56 Å². The standard InChI is InChI=1S/C24H32N2O2SSi/c1-18-15-23(29-17-18)21-16-20(25-26(21)19-11-8-7-9-12-19)22(27)13-10-14-28-30(5,6)24(2,3)4/h7-9,11-12,15-17H,10,13-14H2,1-6H3. The lowest BCUT2D eigenvalue weighted by molar-refractivity contribution is 0.0967. The molecule has 4 nitrogen and oxygen atoms in total. The summed E-state index contributed by atoms with van der Waals surface area (Å²) in [6, 6.07) is 14.0. The Kier molecular flexibility index (Phi) is 6.80. The van der Waals surface area contributed by atoms with Gasteiger partial charge in [0, 0.05) is 13.0 Å². The molecule has 0 atom stereocenters. The zero-order chi connectivity index (χ0) is 21.9. The first-order valence-corrected chi connectivity index (χ1v) is 14.3. The van der Waals surface area contributed by atoms with Gasteiger partial charge >= 0.3 is 0 Å². The fraction of sp³-hybridized carbons (Fsp3) is 0.417. The maximum Gasteiger partial charge on any atom is 0.191 e. The predicted molar refractivity (Wildman–Crippen MR) is 128 cm³/mol. The molecule has 0 saturated heterocycles. The number of aromatic nitrogens is 2. The highest BCUT2D eigenvalue weighted by Crippen LogP contribution is 2.36. The Labute approximate surface area is 185 Å². The van der Waals surface area contributed by atoms with E-state index in [1.807, 2.05) is 41.1 Å². The van der Waals surface area contributed by atoms with Crippen molar-refractivity contribution in [1.29, 1.82) is 0 Å². The largest absolute Gasteiger partial charge is 0.417 e. The third-order valence-electron chi connectivity index (χ3n) is 5.80. The number of benzene rings is 1. The molecule has 3 rings (SSSR count). The Balaban J connectivity index is 1.75. The van der Waals surface area contributed by atoms with Gasteiger partial charge in [-0.3, -0.25) is 4.79 Å². The number of hydrogen-bond acceptors (Lipinski definition) is 4. The summed E-state index contributed by atoms with van der Waals surface area (Å²) in [4.78, 5) is 14.0. The summed E-state index contributed by atoms with van der Waals surface area (Å²) < 4.78 is 8.09. The molecule has 0 spiro atoms. The number of Topliss-reactive ketones (excluding diaryl/α,β-unsaturated/α-hetero) is 1. The molecule has 160 valence electrons. The molecule has 0 unspecified atom stereocenters. The van der Waals surface area contributed by atoms with Crippen molar-refractivity contribution in [3.8, 4) is 16.3 Å². The summed E-state index contributed by atoms with van der Waals surface area (Å²) in [5.74, 6) is 0.0676. The SMILES string of the molecule is Cc1csc(-c2cc(C(=O)CCCO[Si](C)(C)C(C)(C)C)nn2-c2ccccc2)c1. The van der Waals surface area contributed by atoms with Gasteiger partial charge in [0.05, 0.1) is 16.3 Å². The van der Waals surface area contributed by atoms with Crippen LogP contribution in [-0.4, -0.2) is 30.5 Å². The van der Waals surface area contributed by atoms with Gasteiger partial charge in [-0.05, 0) is 66.7 Å². The minimum atomic E-state index is -1.78. The summed E-state index contributed by atoms with van der Waals surface area (Å²) >= 11 is 1.68. The summed E-state index contributed by atoms with van der Waals surface area (Å²) in [7, 11) is -1.78. The normalized spacial score (nSPS) is 12.3. The molecule has 0 N–H and O–H groups in total. The third kappa shape index (κ3) is 5.17. The number of nitrogens with zero attached hydrogens (tertiary/aromatic N) is 2. The zero-order valence-electron chi connectivity index (χ0n) is 18.9. The number of carbonyl (C=O) groups excluding carboxylic acids is 1. The monoisotopic (exact) mass is 440 g/mol. The van der Waals surface area contributed by atoms with Gasteiger partial charge < -0.3 is 4.43 Å². The van der Waals surface area contributed by atoms with Crippen molar-refractivity contribution in [3.05, 3.63) is 59.1 Å². The predicted octanol–water partition coefficient (Wildman–Crippen LogP) is 6.89. The average molecular weight is 441 g/mol. The number of carbonyl (C=O) groups is 1. The van der Waals surface area contributed by atoms with Gasteiger partial charge in [-0.1, -0.05) is 39.0 Å². The molecule has 6 heteroatoms. The van der Waals surface area contributed by atoms with Crippen LogP contribution in [0.1, 0.15) is 49.7 Å². The van der Waals surface area contributed by atoms with Crippen LogP contribution in [0.3, 0.4) is 0 Å². The Morgan fingerprint density at radius 1 is 1.17 bits per heavy atom. The Hall–Kier alpha value is -2.02. The van der Waals surface area contributed by atoms with Crippen molar-refractivity contribution in [3.63, 3.8) is 0 Å². The molecule has 1 aromatic carbocycles. The number of ketones is 1. The first-order chi connectivity index (χ1) is 14.1. The van der Waals surface area contributed by atoms with Crippen LogP contribution in [0.4, 0.5) is 0 Å². The first kappa shape index (κ1) is 22.7. The van der Waals surface area contributed by atoms with Crippen LogP contribution in [0.25, 0.3) is 16.3 Å². The molecule has 0 amide bonds. The van der Waals surface area contributed by atoms with Crippen LogP contribution in [0.5, 0.6) is 0 Å². The van der Waals surface area contributed by atoms with Crippen molar-refractivity contribution in [2.45, 2.75) is 58.7 Å². The van der Waals surface area contributed by atoms with E-state index >= 15 is 0 Å². The molecule has 30 heavy (non-hydrogen) atoms. The van der Waals surface area contributed by atoms with Gasteiger partial charge in [0.2, 0.25) is 0 Å². The number of para-hydroxylation sites is 1. The average Bonchev–Trinajstić information content (AvgIpc) is 3.31. The molecule has 3 aromatic rings. The fourth-order valence-corrected chi connectivity index (χ4v) is 4.92. The zero-order valence-corrected chi connectivity index (χ0v) is 20.7. The van der Waals surface area contributed by atoms with Crippen LogP contribution in [0.2, 0.25) is 18.1 Å². The first-order valence-electron chi connectivity index (χ1n) is 10.5. The number of aryl methyl sites for hydroxylation is 1. The van der Waals surface area contributed by atoms with E-state index in [0.717, 1.165) is 22.7 Å². The second-order valence-corrected chi connectivity index (χ2v) is 15.0. The number of thiophene rings is 1. The van der Waals surface area contributed by atoms with E-state index in [4.69, 9.17) is 4.43 Å². The molecule has 0 aliphatic rings. The van der Waals surface area contributed by atoms with Crippen molar-refractivity contribution in [1.82, 2.24) is 9.78 Å². The minimum Gasteiger partial charge on any atom is -0.417 e. The summed E-state index contributed by atoms with van der Waals surface area (Å²) in [5, 5.41) is 6.98. The van der Waals surface area contributed by atoms with Crippen molar-refractivity contribution >= 4 is 25.4 Å². The van der Waals surface area contributed by atoms with Gasteiger partial charge in [-0.15, -0.1) is 11.3 Å². The fourth-order valence-electron chi connectivity index (χ4n) is 2.93. The Bertz CT molecular complexity index is 1000.